The van der Waals surface area contributed by atoms with Gasteiger partial charge in [0.1, 0.15) is 16.5 Å². The van der Waals surface area contributed by atoms with Gasteiger partial charge in [0, 0.05) is 27.2 Å². The zero-order valence-corrected chi connectivity index (χ0v) is 25.1. The number of benzene rings is 2. The maximum atomic E-state index is 12.1. The van der Waals surface area contributed by atoms with Gasteiger partial charge in [-0.2, -0.15) is 4.98 Å². The highest BCUT2D eigenvalue weighted by atomic mass is 35.5. The van der Waals surface area contributed by atoms with Crippen LogP contribution >= 0.6 is 58.0 Å². The van der Waals surface area contributed by atoms with E-state index >= 15 is 0 Å². The van der Waals surface area contributed by atoms with Gasteiger partial charge in [0.25, 0.3) is 11.8 Å². The number of amides is 2. The number of hydrogen-bond donors (Lipinski definition) is 1. The monoisotopic (exact) mass is 670 g/mol. The molecule has 10 nitrogen and oxygen atoms in total. The van der Waals surface area contributed by atoms with E-state index in [2.05, 4.69) is 19.9 Å². The highest BCUT2D eigenvalue weighted by Gasteiger charge is 2.29. The number of carbonyl (C=O) groups is 2. The van der Waals surface area contributed by atoms with Gasteiger partial charge in [-0.25, -0.2) is 15.0 Å². The number of aromatic nitrogens is 4. The minimum Gasteiger partial charge on any atom is -0.507 e. The third-order valence-electron chi connectivity index (χ3n) is 5.74. The van der Waals surface area contributed by atoms with Crippen LogP contribution in [0.4, 0.5) is 0 Å². The topological polar surface area (TPSA) is 122 Å². The van der Waals surface area contributed by atoms with Gasteiger partial charge in [-0.1, -0.05) is 66.5 Å². The molecule has 0 fully saturated rings. The fraction of sp³-hybridized carbons (Fsp3) is 0.185. The number of fused-ring (bicyclic) bond motifs is 2. The summed E-state index contributed by atoms with van der Waals surface area (Å²) in [5, 5.41) is 10.2. The molecular formula is C27H23Cl5N6O4. The summed E-state index contributed by atoms with van der Waals surface area (Å²) in [5.74, 6) is 0.438. The SMILES string of the molecule is C.CN1Cc2cccc(O)c2C1=O.CN1Cc2cccc(Oc3nc(Cl)ncc3Cl)c2C1=O.Clc1ncc(Cl)c(Cl)n1. The lowest BCUT2D eigenvalue weighted by molar-refractivity contribution is 0.0807. The minimum atomic E-state index is -0.0944. The molecule has 4 aromatic rings. The second-order valence-corrected chi connectivity index (χ2v) is 10.4. The van der Waals surface area contributed by atoms with Crippen LogP contribution in [0.2, 0.25) is 25.8 Å². The highest BCUT2D eigenvalue weighted by Crippen LogP contribution is 2.35. The summed E-state index contributed by atoms with van der Waals surface area (Å²) in [5.41, 5.74) is 2.80. The lowest BCUT2D eigenvalue weighted by Crippen LogP contribution is -2.17. The van der Waals surface area contributed by atoms with E-state index in [4.69, 9.17) is 62.7 Å². The molecule has 2 aromatic heterocycles. The molecule has 2 aliphatic heterocycles. The summed E-state index contributed by atoms with van der Waals surface area (Å²) in [6.45, 7) is 1.16. The Morgan fingerprint density at radius 1 is 0.762 bits per heavy atom. The Morgan fingerprint density at radius 3 is 1.86 bits per heavy atom. The summed E-state index contributed by atoms with van der Waals surface area (Å²) in [6.07, 6.45) is 2.70. The largest absolute Gasteiger partial charge is 0.507 e. The van der Waals surface area contributed by atoms with Gasteiger partial charge in [0.15, 0.2) is 5.15 Å². The third-order valence-corrected chi connectivity index (χ3v) is 7.02. The van der Waals surface area contributed by atoms with Crippen LogP contribution in [0.5, 0.6) is 17.4 Å². The van der Waals surface area contributed by atoms with E-state index < -0.39 is 0 Å². The van der Waals surface area contributed by atoms with E-state index in [1.807, 2.05) is 18.2 Å². The van der Waals surface area contributed by atoms with Crippen molar-refractivity contribution >= 4 is 69.8 Å². The van der Waals surface area contributed by atoms with Crippen molar-refractivity contribution in [1.29, 1.82) is 0 Å². The second kappa shape index (κ2) is 14.2. The molecule has 2 amide bonds. The lowest BCUT2D eigenvalue weighted by Gasteiger charge is -2.10. The zero-order chi connectivity index (χ0) is 29.8. The summed E-state index contributed by atoms with van der Waals surface area (Å²) in [7, 11) is 3.46. The fourth-order valence-electron chi connectivity index (χ4n) is 3.87. The number of hydrogen-bond acceptors (Lipinski definition) is 8. The molecule has 0 saturated carbocycles. The molecule has 0 saturated heterocycles. The van der Waals surface area contributed by atoms with Gasteiger partial charge >= 0.3 is 0 Å². The highest BCUT2D eigenvalue weighted by molar-refractivity contribution is 6.41. The fourth-order valence-corrected chi connectivity index (χ4v) is 4.52. The van der Waals surface area contributed by atoms with Crippen LogP contribution in [0.15, 0.2) is 48.8 Å². The van der Waals surface area contributed by atoms with Crippen LogP contribution in [0.25, 0.3) is 0 Å². The Labute approximate surface area is 266 Å². The maximum Gasteiger partial charge on any atom is 0.258 e. The van der Waals surface area contributed by atoms with Gasteiger partial charge < -0.3 is 19.6 Å². The van der Waals surface area contributed by atoms with Crippen molar-refractivity contribution in [3.63, 3.8) is 0 Å². The lowest BCUT2D eigenvalue weighted by atomic mass is 10.1. The molecule has 0 radical (unpaired) electrons. The number of rotatable bonds is 2. The van der Waals surface area contributed by atoms with Gasteiger partial charge in [0.2, 0.25) is 16.4 Å². The molecule has 0 bridgehead atoms. The Hall–Kier alpha value is -3.41. The predicted molar refractivity (Wildman–Crippen MR) is 162 cm³/mol. The first-order valence-corrected chi connectivity index (χ1v) is 13.5. The van der Waals surface area contributed by atoms with Crippen molar-refractivity contribution < 1.29 is 19.4 Å². The van der Waals surface area contributed by atoms with E-state index in [9.17, 15) is 14.7 Å². The standard InChI is InChI=1S/C13H9Cl2N3O2.C9H9NO2.C4HCl3N2.CH4/c1-18-6-7-3-2-4-9(10(7)12(18)19)20-11-8(14)5-16-13(15)17-11;1-10-5-6-3-2-4-7(11)8(6)9(10)12;5-2-1-8-4(7)9-3(2)6;/h2-5H,6H2,1H3;2-4,11H,5H2,1H3;1H;1H4. The first kappa shape index (κ1) is 33.1. The number of carbonyl (C=O) groups excluding carboxylic acids is 2. The van der Waals surface area contributed by atoms with Crippen molar-refractivity contribution in [1.82, 2.24) is 29.7 Å². The first-order chi connectivity index (χ1) is 19.5. The number of halogens is 5. The average Bonchev–Trinajstić information content (AvgIpc) is 3.39. The molecule has 0 atom stereocenters. The van der Waals surface area contributed by atoms with Gasteiger partial charge in [-0.15, -0.1) is 0 Å². The molecule has 1 N–H and O–H groups in total. The smallest absolute Gasteiger partial charge is 0.258 e. The predicted octanol–water partition coefficient (Wildman–Crippen LogP) is 7.21. The van der Waals surface area contributed by atoms with Crippen molar-refractivity contribution in [3.05, 3.63) is 96.8 Å². The first-order valence-electron chi connectivity index (χ1n) is 11.6. The summed E-state index contributed by atoms with van der Waals surface area (Å²) in [4.78, 5) is 41.5. The Bertz CT molecular complexity index is 1640. The second-order valence-electron chi connectivity index (χ2n) is 8.60. The van der Waals surface area contributed by atoms with Crippen LogP contribution in [0, 0.1) is 0 Å². The molecule has 42 heavy (non-hydrogen) atoms. The Morgan fingerprint density at radius 2 is 1.29 bits per heavy atom. The molecule has 6 rings (SSSR count). The number of ether oxygens (including phenoxy) is 1. The summed E-state index contributed by atoms with van der Waals surface area (Å²) < 4.78 is 5.64. The van der Waals surface area contributed by atoms with E-state index in [1.165, 1.54) is 18.5 Å². The minimum absolute atomic E-state index is 0. The Balaban J connectivity index is 0.000000188. The number of phenolic OH excluding ortho intramolecular Hbond substituents is 1. The van der Waals surface area contributed by atoms with E-state index in [0.717, 1.165) is 11.1 Å². The third kappa shape index (κ3) is 7.50. The van der Waals surface area contributed by atoms with Crippen LogP contribution in [-0.2, 0) is 13.1 Å². The molecule has 0 spiro atoms. The summed E-state index contributed by atoms with van der Waals surface area (Å²) >= 11 is 27.9. The van der Waals surface area contributed by atoms with E-state index in [-0.39, 0.29) is 51.6 Å². The molecular weight excluding hydrogens is 650 g/mol. The van der Waals surface area contributed by atoms with Gasteiger partial charge in [-0.05, 0) is 46.5 Å². The molecule has 0 unspecified atom stereocenters. The van der Waals surface area contributed by atoms with Crippen LogP contribution in [0.3, 0.4) is 0 Å². The van der Waals surface area contributed by atoms with Gasteiger partial charge in [-0.3, -0.25) is 9.59 Å². The van der Waals surface area contributed by atoms with Crippen molar-refractivity contribution in [2.75, 3.05) is 14.1 Å². The van der Waals surface area contributed by atoms with Crippen molar-refractivity contribution in [2.24, 2.45) is 0 Å². The average molecular weight is 673 g/mol. The number of aromatic hydroxyl groups is 1. The molecule has 2 aromatic carbocycles. The molecule has 0 aliphatic carbocycles. The normalized spacial score (nSPS) is 12.8. The van der Waals surface area contributed by atoms with E-state index in [0.29, 0.717) is 35.0 Å². The van der Waals surface area contributed by atoms with E-state index in [1.54, 1.807) is 36.0 Å². The molecule has 15 heteroatoms. The molecule has 220 valence electrons. The number of phenols is 1. The van der Waals surface area contributed by atoms with Gasteiger partial charge in [0.05, 0.1) is 28.5 Å². The van der Waals surface area contributed by atoms with Crippen LogP contribution in [-0.4, -0.2) is 60.8 Å². The maximum absolute atomic E-state index is 12.1. The zero-order valence-electron chi connectivity index (χ0n) is 21.3. The molecule has 4 heterocycles. The number of nitrogens with zero attached hydrogens (tertiary/aromatic N) is 6. The van der Waals surface area contributed by atoms with Crippen LogP contribution < -0.4 is 4.74 Å². The summed E-state index contributed by atoms with van der Waals surface area (Å²) in [6, 6.07) is 10.5. The molecule has 2 aliphatic rings. The van der Waals surface area contributed by atoms with Crippen LogP contribution in [0.1, 0.15) is 39.3 Å². The Kier molecular flexibility index (Phi) is 11.2. The van der Waals surface area contributed by atoms with Crippen molar-refractivity contribution in [3.8, 4) is 17.4 Å². The van der Waals surface area contributed by atoms with Crippen molar-refractivity contribution in [2.45, 2.75) is 20.5 Å². The quantitative estimate of drug-likeness (QED) is 0.175.